The summed E-state index contributed by atoms with van der Waals surface area (Å²) in [6.45, 7) is 9.13. The van der Waals surface area contributed by atoms with E-state index >= 15 is 0 Å². The molecule has 0 unspecified atom stereocenters. The summed E-state index contributed by atoms with van der Waals surface area (Å²) in [5.74, 6) is 0.902. The normalized spacial score (nSPS) is 21.1. The molecule has 2 N–H and O–H groups in total. The molecular weight excluding hydrogens is 370 g/mol. The van der Waals surface area contributed by atoms with Crippen molar-refractivity contribution in [2.24, 2.45) is 5.92 Å². The van der Waals surface area contributed by atoms with Crippen molar-refractivity contribution in [3.05, 3.63) is 28.3 Å². The molecule has 1 aliphatic heterocycles. The highest BCUT2D eigenvalue weighted by atomic mass is 32.1. The van der Waals surface area contributed by atoms with Gasteiger partial charge in [-0.1, -0.05) is 11.3 Å². The maximum atomic E-state index is 11.9. The minimum Gasteiger partial charge on any atom is -0.507 e. The van der Waals surface area contributed by atoms with Crippen LogP contribution in [0.5, 0.6) is 5.75 Å². The smallest absolute Gasteiger partial charge is 0.163 e. The number of phenols is 1. The van der Waals surface area contributed by atoms with Crippen molar-refractivity contribution in [3.63, 3.8) is 0 Å². The second kappa shape index (κ2) is 6.92. The van der Waals surface area contributed by atoms with E-state index in [1.54, 1.807) is 17.4 Å². The summed E-state index contributed by atoms with van der Waals surface area (Å²) in [4.78, 5) is 11.9. The van der Waals surface area contributed by atoms with E-state index < -0.39 is 0 Å². The molecule has 1 aromatic heterocycles. The second-order valence-corrected chi connectivity index (χ2v) is 10.7. The van der Waals surface area contributed by atoms with Gasteiger partial charge in [-0.3, -0.25) is 4.79 Å². The van der Waals surface area contributed by atoms with E-state index in [-0.39, 0.29) is 22.6 Å². The summed E-state index contributed by atoms with van der Waals surface area (Å²) >= 11 is 1.55. The average molecular weight is 400 g/mol. The lowest BCUT2D eigenvalue weighted by Crippen LogP contribution is -2.57. The molecule has 4 rings (SSSR count). The fourth-order valence-electron chi connectivity index (χ4n) is 5.18. The Bertz CT molecular complexity index is 901. The van der Waals surface area contributed by atoms with E-state index in [1.165, 1.54) is 12.8 Å². The van der Waals surface area contributed by atoms with Gasteiger partial charge < -0.3 is 10.4 Å². The largest absolute Gasteiger partial charge is 0.507 e. The number of Topliss-reactive ketones (excluding diaryl/α,β-unsaturated/α-hetero) is 1. The van der Waals surface area contributed by atoms with Crippen LogP contribution in [0.4, 0.5) is 0 Å². The van der Waals surface area contributed by atoms with E-state index in [9.17, 15) is 9.90 Å². The Morgan fingerprint density at radius 3 is 2.54 bits per heavy atom. The minimum absolute atomic E-state index is 0.114. The number of aromatic hydroxyl groups is 1. The first-order chi connectivity index (χ1) is 13.1. The highest BCUT2D eigenvalue weighted by molar-refractivity contribution is 7.14. The molecule has 2 aromatic rings. The van der Waals surface area contributed by atoms with E-state index in [4.69, 9.17) is 0 Å². The average Bonchev–Trinajstić information content (AvgIpc) is 3.17. The number of fused-ring (bicyclic) bond motifs is 1. The quantitative estimate of drug-likeness (QED) is 0.790. The number of hydrogen-bond donors (Lipinski definition) is 2. The summed E-state index contributed by atoms with van der Waals surface area (Å²) in [5, 5.41) is 24.6. The molecular formula is C22H29N3O2S. The number of aryl methyl sites for hydroxylation is 2. The number of benzene rings is 1. The van der Waals surface area contributed by atoms with Crippen LogP contribution in [0.2, 0.25) is 0 Å². The first-order valence-corrected chi connectivity index (χ1v) is 10.9. The van der Waals surface area contributed by atoms with Gasteiger partial charge in [-0.15, -0.1) is 10.2 Å². The molecule has 28 heavy (non-hydrogen) atoms. The Morgan fingerprint density at radius 1 is 1.11 bits per heavy atom. The van der Waals surface area contributed by atoms with Gasteiger partial charge in [0.1, 0.15) is 10.8 Å². The SMILES string of the molecule is CC1(C)CC(CCc2nnc(-c3cc4c(cc3O)C(=O)CC4)s2)CC(C)(C)N1. The molecule has 2 heterocycles. The molecule has 2 aliphatic rings. The first-order valence-electron chi connectivity index (χ1n) is 10.1. The minimum atomic E-state index is 0.114. The van der Waals surface area contributed by atoms with Crippen molar-refractivity contribution in [1.82, 2.24) is 15.5 Å². The molecule has 1 aliphatic carbocycles. The van der Waals surface area contributed by atoms with Crippen molar-refractivity contribution in [2.75, 3.05) is 0 Å². The maximum absolute atomic E-state index is 11.9. The third kappa shape index (κ3) is 3.98. The molecule has 0 amide bonds. The third-order valence-corrected chi connectivity index (χ3v) is 6.90. The van der Waals surface area contributed by atoms with E-state index in [0.717, 1.165) is 34.8 Å². The Balaban J connectivity index is 1.46. The Hall–Kier alpha value is -1.79. The van der Waals surface area contributed by atoms with Gasteiger partial charge in [0.15, 0.2) is 10.8 Å². The highest BCUT2D eigenvalue weighted by Crippen LogP contribution is 2.38. The zero-order chi connectivity index (χ0) is 20.1. The molecule has 1 fully saturated rings. The Kier molecular flexibility index (Phi) is 4.82. The number of carbonyl (C=O) groups is 1. The number of phenolic OH excluding ortho intramolecular Hbond substituents is 1. The van der Waals surface area contributed by atoms with Gasteiger partial charge in [0.25, 0.3) is 0 Å². The van der Waals surface area contributed by atoms with Crippen LogP contribution in [0.15, 0.2) is 12.1 Å². The predicted octanol–water partition coefficient (Wildman–Crippen LogP) is 4.53. The Morgan fingerprint density at radius 2 is 1.82 bits per heavy atom. The van der Waals surface area contributed by atoms with E-state index in [0.29, 0.717) is 23.5 Å². The molecule has 1 saturated heterocycles. The van der Waals surface area contributed by atoms with Crippen molar-refractivity contribution in [2.45, 2.75) is 77.3 Å². The van der Waals surface area contributed by atoms with Gasteiger partial charge >= 0.3 is 0 Å². The van der Waals surface area contributed by atoms with Crippen LogP contribution >= 0.6 is 11.3 Å². The predicted molar refractivity (Wildman–Crippen MR) is 112 cm³/mol. The number of nitrogens with zero attached hydrogens (tertiary/aromatic N) is 2. The number of hydrogen-bond acceptors (Lipinski definition) is 6. The Labute approximate surface area is 170 Å². The summed E-state index contributed by atoms with van der Waals surface area (Å²) in [6, 6.07) is 3.51. The molecule has 0 bridgehead atoms. The van der Waals surface area contributed by atoms with Crippen LogP contribution in [-0.4, -0.2) is 32.2 Å². The maximum Gasteiger partial charge on any atom is 0.163 e. The molecule has 1 aromatic carbocycles. The van der Waals surface area contributed by atoms with Crippen molar-refractivity contribution in [3.8, 4) is 16.3 Å². The number of aromatic nitrogens is 2. The molecule has 0 radical (unpaired) electrons. The topological polar surface area (TPSA) is 75.1 Å². The lowest BCUT2D eigenvalue weighted by molar-refractivity contribution is 0.0994. The summed E-state index contributed by atoms with van der Waals surface area (Å²) in [6.07, 6.45) is 5.63. The number of ketones is 1. The monoisotopic (exact) mass is 399 g/mol. The molecule has 150 valence electrons. The first kappa shape index (κ1) is 19.5. The zero-order valence-corrected chi connectivity index (χ0v) is 17.9. The molecule has 6 heteroatoms. The summed E-state index contributed by atoms with van der Waals surface area (Å²) in [5.41, 5.74) is 2.68. The van der Waals surface area contributed by atoms with Gasteiger partial charge in [0, 0.05) is 29.5 Å². The zero-order valence-electron chi connectivity index (χ0n) is 17.1. The number of rotatable bonds is 4. The second-order valence-electron chi connectivity index (χ2n) is 9.66. The lowest BCUT2D eigenvalue weighted by Gasteiger charge is -2.46. The molecule has 5 nitrogen and oxygen atoms in total. The highest BCUT2D eigenvalue weighted by Gasteiger charge is 2.37. The molecule has 0 spiro atoms. The lowest BCUT2D eigenvalue weighted by atomic mass is 9.74. The van der Waals surface area contributed by atoms with Crippen molar-refractivity contribution in [1.29, 1.82) is 0 Å². The third-order valence-electron chi connectivity index (χ3n) is 5.88. The van der Waals surface area contributed by atoms with Crippen molar-refractivity contribution >= 4 is 17.1 Å². The molecule has 0 atom stereocenters. The van der Waals surface area contributed by atoms with Gasteiger partial charge in [0.2, 0.25) is 0 Å². The summed E-state index contributed by atoms with van der Waals surface area (Å²) < 4.78 is 0. The number of piperidine rings is 1. The van der Waals surface area contributed by atoms with Crippen LogP contribution < -0.4 is 5.32 Å². The van der Waals surface area contributed by atoms with Crippen LogP contribution in [0.25, 0.3) is 10.6 Å². The fourth-order valence-corrected chi connectivity index (χ4v) is 6.06. The standard InChI is InChI=1S/C22H29N3O2S/c1-21(2)11-13(12-22(3,4)25-21)5-8-19-23-24-20(28-19)16-9-14-6-7-17(26)15(14)10-18(16)27/h9-10,13,25,27H,5-8,11-12H2,1-4H3. The van der Waals surface area contributed by atoms with Crippen molar-refractivity contribution < 1.29 is 9.90 Å². The van der Waals surface area contributed by atoms with Gasteiger partial charge in [-0.05, 0) is 77.0 Å². The van der Waals surface area contributed by atoms with E-state index in [2.05, 4.69) is 43.2 Å². The van der Waals surface area contributed by atoms with Crippen LogP contribution in [0, 0.1) is 5.92 Å². The van der Waals surface area contributed by atoms with E-state index in [1.807, 2.05) is 6.07 Å². The number of nitrogens with one attached hydrogen (secondary N) is 1. The van der Waals surface area contributed by atoms with Gasteiger partial charge in [-0.2, -0.15) is 0 Å². The fraction of sp³-hybridized carbons (Fsp3) is 0.591. The van der Waals surface area contributed by atoms with Crippen LogP contribution in [0.3, 0.4) is 0 Å². The van der Waals surface area contributed by atoms with Gasteiger partial charge in [0.05, 0.1) is 5.56 Å². The van der Waals surface area contributed by atoms with Crippen LogP contribution in [0.1, 0.15) is 74.3 Å². The summed E-state index contributed by atoms with van der Waals surface area (Å²) in [7, 11) is 0. The van der Waals surface area contributed by atoms with Crippen LogP contribution in [-0.2, 0) is 12.8 Å². The van der Waals surface area contributed by atoms with Gasteiger partial charge in [-0.25, -0.2) is 0 Å². The molecule has 0 saturated carbocycles. The number of carbonyl (C=O) groups excluding carboxylic acids is 1.